The second kappa shape index (κ2) is 6.41. The Morgan fingerprint density at radius 3 is 2.65 bits per heavy atom. The number of carboxylic acid groups (broad SMARTS) is 1. The van der Waals surface area contributed by atoms with Crippen molar-refractivity contribution in [2.75, 3.05) is 26.8 Å². The Morgan fingerprint density at radius 2 is 2.05 bits per heavy atom. The van der Waals surface area contributed by atoms with E-state index >= 15 is 0 Å². The van der Waals surface area contributed by atoms with Crippen LogP contribution in [-0.4, -0.2) is 55.9 Å². The van der Waals surface area contributed by atoms with E-state index < -0.39 is 27.2 Å². The third kappa shape index (κ3) is 3.32. The molecule has 1 aliphatic heterocycles. The molecule has 1 N–H and O–H groups in total. The number of carbonyl (C=O) groups is 1. The lowest BCUT2D eigenvalue weighted by molar-refractivity contribution is -0.141. The van der Waals surface area contributed by atoms with E-state index in [0.717, 1.165) is 19.4 Å². The molecule has 116 valence electrons. The highest BCUT2D eigenvalue weighted by atomic mass is 32.2. The topological polar surface area (TPSA) is 83.9 Å². The zero-order valence-electron chi connectivity index (χ0n) is 11.8. The van der Waals surface area contributed by atoms with Crippen LogP contribution in [-0.2, 0) is 19.6 Å². The van der Waals surface area contributed by atoms with Crippen LogP contribution in [0.15, 0.2) is 0 Å². The van der Waals surface area contributed by atoms with Crippen molar-refractivity contribution in [2.45, 2.75) is 37.4 Å². The number of hydrogen-bond acceptors (Lipinski definition) is 4. The van der Waals surface area contributed by atoms with Gasteiger partial charge in [-0.05, 0) is 31.6 Å². The van der Waals surface area contributed by atoms with E-state index in [1.807, 2.05) is 0 Å². The summed E-state index contributed by atoms with van der Waals surface area (Å²) < 4.78 is 31.8. The smallest absolute Gasteiger partial charge is 0.307 e. The van der Waals surface area contributed by atoms with Crippen LogP contribution < -0.4 is 0 Å². The van der Waals surface area contributed by atoms with Gasteiger partial charge in [0.1, 0.15) is 0 Å². The fourth-order valence-electron chi connectivity index (χ4n) is 3.22. The van der Waals surface area contributed by atoms with Crippen LogP contribution in [0.2, 0.25) is 0 Å². The summed E-state index contributed by atoms with van der Waals surface area (Å²) in [7, 11) is -1.98. The molecule has 0 spiro atoms. The standard InChI is InChI=1S/C13H23NO5S/c1-14(8-10-4-3-7-19-9-10)20(17,18)12-6-2-5-11(12)13(15)16/h10-12H,2-9H2,1H3,(H,15,16). The van der Waals surface area contributed by atoms with Gasteiger partial charge in [0.05, 0.1) is 17.8 Å². The Labute approximate surface area is 120 Å². The first-order valence-corrected chi connectivity index (χ1v) is 8.69. The van der Waals surface area contributed by atoms with Gasteiger partial charge in [-0.3, -0.25) is 4.79 Å². The van der Waals surface area contributed by atoms with Crippen molar-refractivity contribution in [2.24, 2.45) is 11.8 Å². The lowest BCUT2D eigenvalue weighted by Crippen LogP contribution is -2.43. The summed E-state index contributed by atoms with van der Waals surface area (Å²) in [4.78, 5) is 11.2. The van der Waals surface area contributed by atoms with E-state index in [-0.39, 0.29) is 5.92 Å². The molecule has 20 heavy (non-hydrogen) atoms. The molecular weight excluding hydrogens is 282 g/mol. The highest BCUT2D eigenvalue weighted by Crippen LogP contribution is 2.33. The summed E-state index contributed by atoms with van der Waals surface area (Å²) in [5.41, 5.74) is 0. The van der Waals surface area contributed by atoms with Gasteiger partial charge in [-0.15, -0.1) is 0 Å². The van der Waals surface area contributed by atoms with Crippen molar-refractivity contribution in [3.8, 4) is 0 Å². The molecule has 2 aliphatic rings. The number of rotatable bonds is 5. The maximum atomic E-state index is 12.5. The number of ether oxygens (including phenoxy) is 1. The van der Waals surface area contributed by atoms with Gasteiger partial charge in [-0.1, -0.05) is 6.42 Å². The first-order valence-electron chi connectivity index (χ1n) is 7.18. The predicted octanol–water partition coefficient (Wildman–Crippen LogP) is 0.928. The highest BCUT2D eigenvalue weighted by Gasteiger charge is 2.43. The molecule has 0 aromatic rings. The minimum atomic E-state index is -3.54. The Bertz CT molecular complexity index is 444. The van der Waals surface area contributed by atoms with Crippen molar-refractivity contribution in [1.29, 1.82) is 0 Å². The number of hydrogen-bond donors (Lipinski definition) is 1. The van der Waals surface area contributed by atoms with Crippen LogP contribution in [0.25, 0.3) is 0 Å². The summed E-state index contributed by atoms with van der Waals surface area (Å²) in [5.74, 6) is -1.54. The minimum absolute atomic E-state index is 0.216. The zero-order valence-corrected chi connectivity index (χ0v) is 12.6. The van der Waals surface area contributed by atoms with E-state index in [0.29, 0.717) is 32.4 Å². The Hall–Kier alpha value is -0.660. The summed E-state index contributed by atoms with van der Waals surface area (Å²) in [5, 5.41) is 8.38. The SMILES string of the molecule is CN(CC1CCCOC1)S(=O)(=O)C1CCCC1C(=O)O. The van der Waals surface area contributed by atoms with Crippen molar-refractivity contribution in [3.05, 3.63) is 0 Å². The van der Waals surface area contributed by atoms with Crippen molar-refractivity contribution < 1.29 is 23.1 Å². The maximum Gasteiger partial charge on any atom is 0.307 e. The van der Waals surface area contributed by atoms with Crippen molar-refractivity contribution in [1.82, 2.24) is 4.31 Å². The molecule has 0 aromatic carbocycles. The number of carboxylic acids is 1. The van der Waals surface area contributed by atoms with Crippen LogP contribution in [0.4, 0.5) is 0 Å². The highest BCUT2D eigenvalue weighted by molar-refractivity contribution is 7.89. The van der Waals surface area contributed by atoms with Crippen LogP contribution in [0, 0.1) is 11.8 Å². The fraction of sp³-hybridized carbons (Fsp3) is 0.923. The normalized spacial score (nSPS) is 31.6. The molecule has 0 bridgehead atoms. The van der Waals surface area contributed by atoms with Gasteiger partial charge in [0.15, 0.2) is 0 Å². The number of aliphatic carboxylic acids is 1. The molecule has 0 radical (unpaired) electrons. The molecule has 1 heterocycles. The van der Waals surface area contributed by atoms with Gasteiger partial charge in [-0.2, -0.15) is 0 Å². The van der Waals surface area contributed by atoms with E-state index in [4.69, 9.17) is 9.84 Å². The molecule has 7 heteroatoms. The van der Waals surface area contributed by atoms with E-state index in [9.17, 15) is 13.2 Å². The van der Waals surface area contributed by atoms with Gasteiger partial charge in [0.25, 0.3) is 0 Å². The van der Waals surface area contributed by atoms with Crippen LogP contribution in [0.5, 0.6) is 0 Å². The lowest BCUT2D eigenvalue weighted by Gasteiger charge is -2.29. The third-order valence-corrected chi connectivity index (χ3v) is 6.70. The molecule has 2 rings (SSSR count). The van der Waals surface area contributed by atoms with Crippen molar-refractivity contribution >= 4 is 16.0 Å². The van der Waals surface area contributed by atoms with Crippen molar-refractivity contribution in [3.63, 3.8) is 0 Å². The molecule has 2 fully saturated rings. The Kier molecular flexibility index (Phi) is 5.04. The van der Waals surface area contributed by atoms with Gasteiger partial charge in [0, 0.05) is 20.2 Å². The fourth-order valence-corrected chi connectivity index (χ4v) is 5.23. The van der Waals surface area contributed by atoms with E-state index in [1.165, 1.54) is 4.31 Å². The summed E-state index contributed by atoms with van der Waals surface area (Å²) in [6.45, 7) is 1.76. The quantitative estimate of drug-likeness (QED) is 0.817. The second-order valence-corrected chi connectivity index (χ2v) is 8.08. The molecular formula is C13H23NO5S. The summed E-state index contributed by atoms with van der Waals surface area (Å²) >= 11 is 0. The molecule has 0 amide bonds. The molecule has 3 unspecified atom stereocenters. The molecule has 6 nitrogen and oxygen atoms in total. The van der Waals surface area contributed by atoms with Crippen LogP contribution in [0.1, 0.15) is 32.1 Å². The van der Waals surface area contributed by atoms with Gasteiger partial charge in [-0.25, -0.2) is 12.7 Å². The molecule has 3 atom stereocenters. The summed E-state index contributed by atoms with van der Waals surface area (Å²) in [6.07, 6.45) is 3.50. The number of nitrogens with zero attached hydrogens (tertiary/aromatic N) is 1. The maximum absolute atomic E-state index is 12.5. The molecule has 1 saturated carbocycles. The third-order valence-electron chi connectivity index (χ3n) is 4.36. The number of sulfonamides is 1. The van der Waals surface area contributed by atoms with Crippen LogP contribution >= 0.6 is 0 Å². The average Bonchev–Trinajstić information content (AvgIpc) is 2.89. The second-order valence-electron chi connectivity index (χ2n) is 5.82. The monoisotopic (exact) mass is 305 g/mol. The minimum Gasteiger partial charge on any atom is -0.481 e. The average molecular weight is 305 g/mol. The van der Waals surface area contributed by atoms with Crippen LogP contribution in [0.3, 0.4) is 0 Å². The van der Waals surface area contributed by atoms with E-state index in [2.05, 4.69) is 0 Å². The van der Waals surface area contributed by atoms with E-state index in [1.54, 1.807) is 7.05 Å². The molecule has 1 aliphatic carbocycles. The molecule has 1 saturated heterocycles. The predicted molar refractivity (Wildman–Crippen MR) is 73.9 cm³/mol. The van der Waals surface area contributed by atoms with Gasteiger partial charge in [0.2, 0.25) is 10.0 Å². The molecule has 0 aromatic heterocycles. The van der Waals surface area contributed by atoms with Gasteiger partial charge < -0.3 is 9.84 Å². The zero-order chi connectivity index (χ0) is 14.8. The lowest BCUT2D eigenvalue weighted by atomic mass is 10.0. The first-order chi connectivity index (χ1) is 9.43. The van der Waals surface area contributed by atoms with Gasteiger partial charge >= 0.3 is 5.97 Å². The largest absolute Gasteiger partial charge is 0.481 e. The summed E-state index contributed by atoms with van der Waals surface area (Å²) in [6, 6.07) is 0. The Morgan fingerprint density at radius 1 is 1.30 bits per heavy atom. The Balaban J connectivity index is 2.02. The first kappa shape index (κ1) is 15.7.